The summed E-state index contributed by atoms with van der Waals surface area (Å²) in [6.07, 6.45) is 4.58. The van der Waals surface area contributed by atoms with Crippen LogP contribution in [0.4, 0.5) is 4.79 Å². The van der Waals surface area contributed by atoms with Gasteiger partial charge in [0.05, 0.1) is 0 Å². The Morgan fingerprint density at radius 3 is 2.33 bits per heavy atom. The molecule has 0 unspecified atom stereocenters. The zero-order valence-electron chi connectivity index (χ0n) is 8.57. The van der Waals surface area contributed by atoms with Gasteiger partial charge >= 0.3 is 5.97 Å². The van der Waals surface area contributed by atoms with E-state index in [1.54, 1.807) is 0 Å². The molecule has 1 rings (SSSR count). The fourth-order valence-electron chi connectivity index (χ4n) is 1.47. The van der Waals surface area contributed by atoms with Gasteiger partial charge in [-0.2, -0.15) is 0 Å². The highest BCUT2D eigenvalue weighted by Gasteiger charge is 2.12. The van der Waals surface area contributed by atoms with Gasteiger partial charge in [-0.3, -0.25) is 15.0 Å². The largest absolute Gasteiger partial charge is 0.481 e. The molecule has 1 aliphatic heterocycles. The molecule has 0 aromatic rings. The lowest BCUT2D eigenvalue weighted by Crippen LogP contribution is -2.41. The lowest BCUT2D eigenvalue weighted by molar-refractivity contribution is -0.133. The number of nitrogens with one attached hydrogen (secondary N) is 1. The van der Waals surface area contributed by atoms with Crippen molar-refractivity contribution in [2.75, 3.05) is 18.8 Å². The van der Waals surface area contributed by atoms with Crippen LogP contribution in [0.2, 0.25) is 0 Å². The summed E-state index contributed by atoms with van der Waals surface area (Å²) >= 11 is 0.794. The molecule has 1 fully saturated rings. The number of hydrazine groups is 1. The molecule has 1 heterocycles. The Kier molecular flexibility index (Phi) is 5.49. The lowest BCUT2D eigenvalue weighted by atomic mass is 10.2. The third kappa shape index (κ3) is 5.64. The van der Waals surface area contributed by atoms with Crippen LogP contribution in [0.15, 0.2) is 0 Å². The summed E-state index contributed by atoms with van der Waals surface area (Å²) in [6, 6.07) is 0. The first-order valence-electron chi connectivity index (χ1n) is 5.08. The highest BCUT2D eigenvalue weighted by atomic mass is 32.2. The summed E-state index contributed by atoms with van der Waals surface area (Å²) in [5, 5.41) is 10.00. The van der Waals surface area contributed by atoms with Gasteiger partial charge in [0.25, 0.3) is 5.24 Å². The summed E-state index contributed by atoms with van der Waals surface area (Å²) in [5.74, 6) is -1.15. The molecule has 1 saturated heterocycles. The topological polar surface area (TPSA) is 69.6 Å². The second-order valence-corrected chi connectivity index (χ2v) is 4.43. The normalized spacial score (nSPS) is 18.1. The maximum atomic E-state index is 11.3. The number of thioether (sulfide) groups is 1. The average Bonchev–Trinajstić information content (AvgIpc) is 2.43. The number of hydrogen-bond acceptors (Lipinski definition) is 4. The van der Waals surface area contributed by atoms with E-state index in [1.807, 2.05) is 5.01 Å². The van der Waals surface area contributed by atoms with E-state index in [0.29, 0.717) is 0 Å². The third-order valence-electron chi connectivity index (χ3n) is 2.18. The number of hydrogen-bond donors (Lipinski definition) is 2. The Hall–Kier alpha value is -0.750. The minimum Gasteiger partial charge on any atom is -0.481 e. The van der Waals surface area contributed by atoms with E-state index in [0.717, 1.165) is 37.7 Å². The number of carboxylic acid groups (broad SMARTS) is 1. The first-order valence-corrected chi connectivity index (χ1v) is 6.07. The van der Waals surface area contributed by atoms with Crippen molar-refractivity contribution in [1.82, 2.24) is 10.4 Å². The fourth-order valence-corrected chi connectivity index (χ4v) is 1.92. The number of nitrogens with zero attached hydrogens (tertiary/aromatic N) is 1. The maximum Gasteiger partial charge on any atom is 0.314 e. The molecular weight excluding hydrogens is 216 g/mol. The number of carboxylic acids is 1. The van der Waals surface area contributed by atoms with Gasteiger partial charge in [0, 0.05) is 13.1 Å². The van der Waals surface area contributed by atoms with Gasteiger partial charge in [0.15, 0.2) is 0 Å². The molecule has 86 valence electrons. The number of carbonyl (C=O) groups is 2. The van der Waals surface area contributed by atoms with Crippen LogP contribution in [0, 0.1) is 0 Å². The molecule has 0 bridgehead atoms. The molecule has 15 heavy (non-hydrogen) atoms. The first kappa shape index (κ1) is 12.3. The molecule has 6 heteroatoms. The Morgan fingerprint density at radius 1 is 1.20 bits per heavy atom. The maximum absolute atomic E-state index is 11.3. The second-order valence-electron chi connectivity index (χ2n) is 3.48. The van der Waals surface area contributed by atoms with Crippen molar-refractivity contribution in [1.29, 1.82) is 0 Å². The van der Waals surface area contributed by atoms with Crippen LogP contribution >= 0.6 is 11.8 Å². The highest BCUT2D eigenvalue weighted by Crippen LogP contribution is 2.09. The molecule has 0 radical (unpaired) electrons. The van der Waals surface area contributed by atoms with Crippen LogP contribution < -0.4 is 5.43 Å². The van der Waals surface area contributed by atoms with Gasteiger partial charge in [-0.25, -0.2) is 5.01 Å². The monoisotopic (exact) mass is 232 g/mol. The second kappa shape index (κ2) is 6.68. The minimum absolute atomic E-state index is 0.181. The van der Waals surface area contributed by atoms with E-state index in [2.05, 4.69) is 5.43 Å². The van der Waals surface area contributed by atoms with Gasteiger partial charge in [0.1, 0.15) is 5.75 Å². The molecule has 0 saturated carbocycles. The van der Waals surface area contributed by atoms with E-state index >= 15 is 0 Å². The van der Waals surface area contributed by atoms with Crippen molar-refractivity contribution in [2.24, 2.45) is 0 Å². The van der Waals surface area contributed by atoms with E-state index in [1.165, 1.54) is 12.8 Å². The van der Waals surface area contributed by atoms with Crippen LogP contribution in [0.1, 0.15) is 25.7 Å². The van der Waals surface area contributed by atoms with Gasteiger partial charge in [0.2, 0.25) is 0 Å². The first-order chi connectivity index (χ1) is 7.18. The molecule has 1 amide bonds. The number of rotatable bonds is 3. The molecule has 0 aliphatic carbocycles. The van der Waals surface area contributed by atoms with Crippen LogP contribution in [0.25, 0.3) is 0 Å². The predicted octanol–water partition coefficient (Wildman–Crippen LogP) is 1.30. The van der Waals surface area contributed by atoms with Crippen LogP contribution in [-0.4, -0.2) is 40.2 Å². The molecule has 0 atom stereocenters. The molecule has 1 aliphatic rings. The van der Waals surface area contributed by atoms with E-state index in [4.69, 9.17) is 5.11 Å². The zero-order valence-corrected chi connectivity index (χ0v) is 9.39. The standard InChI is InChI=1S/C9H16N2O3S/c12-8(13)7-15-9(14)10-11-5-3-1-2-4-6-11/h1-7H2,(H,10,14)(H,12,13). The number of amides is 1. The van der Waals surface area contributed by atoms with E-state index in [-0.39, 0.29) is 11.0 Å². The van der Waals surface area contributed by atoms with Crippen molar-refractivity contribution >= 4 is 23.0 Å². The van der Waals surface area contributed by atoms with Gasteiger partial charge in [-0.15, -0.1) is 0 Å². The Balaban J connectivity index is 2.20. The highest BCUT2D eigenvalue weighted by molar-refractivity contribution is 8.14. The van der Waals surface area contributed by atoms with Crippen molar-refractivity contribution in [3.63, 3.8) is 0 Å². The summed E-state index contributed by atoms with van der Waals surface area (Å²) in [7, 11) is 0. The van der Waals surface area contributed by atoms with E-state index in [9.17, 15) is 9.59 Å². The number of carbonyl (C=O) groups excluding carboxylic acids is 1. The zero-order chi connectivity index (χ0) is 11.1. The van der Waals surface area contributed by atoms with Crippen molar-refractivity contribution in [3.8, 4) is 0 Å². The van der Waals surface area contributed by atoms with Gasteiger partial charge in [-0.05, 0) is 12.8 Å². The molecule has 0 aromatic heterocycles. The van der Waals surface area contributed by atoms with Crippen LogP contribution in [0.3, 0.4) is 0 Å². The summed E-state index contributed by atoms with van der Waals surface area (Å²) in [4.78, 5) is 21.5. The van der Waals surface area contributed by atoms with E-state index < -0.39 is 5.97 Å². The van der Waals surface area contributed by atoms with Crippen molar-refractivity contribution in [3.05, 3.63) is 0 Å². The number of aliphatic carboxylic acids is 1. The molecule has 0 aromatic carbocycles. The quantitative estimate of drug-likeness (QED) is 0.767. The van der Waals surface area contributed by atoms with Gasteiger partial charge < -0.3 is 5.11 Å². The summed E-state index contributed by atoms with van der Waals surface area (Å²) in [6.45, 7) is 1.72. The van der Waals surface area contributed by atoms with Gasteiger partial charge in [-0.1, -0.05) is 24.6 Å². The fraction of sp³-hybridized carbons (Fsp3) is 0.778. The summed E-state index contributed by atoms with van der Waals surface area (Å²) < 4.78 is 0. The SMILES string of the molecule is O=C(O)CSC(=O)NN1CCCCCC1. The third-order valence-corrected chi connectivity index (χ3v) is 2.93. The minimum atomic E-state index is -0.967. The van der Waals surface area contributed by atoms with Crippen molar-refractivity contribution in [2.45, 2.75) is 25.7 Å². The summed E-state index contributed by atoms with van der Waals surface area (Å²) in [5.41, 5.74) is 2.71. The molecule has 0 spiro atoms. The van der Waals surface area contributed by atoms with Crippen LogP contribution in [0.5, 0.6) is 0 Å². The lowest BCUT2D eigenvalue weighted by Gasteiger charge is -2.19. The Bertz CT molecular complexity index is 227. The smallest absolute Gasteiger partial charge is 0.314 e. The molecule has 5 nitrogen and oxygen atoms in total. The van der Waals surface area contributed by atoms with Crippen LogP contribution in [-0.2, 0) is 4.79 Å². The average molecular weight is 232 g/mol. The Labute approximate surface area is 93.2 Å². The predicted molar refractivity (Wildman–Crippen MR) is 58.7 cm³/mol. The molecule has 2 N–H and O–H groups in total. The Morgan fingerprint density at radius 2 is 1.80 bits per heavy atom. The van der Waals surface area contributed by atoms with Crippen molar-refractivity contribution < 1.29 is 14.7 Å². The molecular formula is C9H16N2O3S.